The molecule has 1 aliphatic heterocycles. The summed E-state index contributed by atoms with van der Waals surface area (Å²) in [7, 11) is 0. The monoisotopic (exact) mass is 453 g/mol. The highest BCUT2D eigenvalue weighted by molar-refractivity contribution is 7.99. The highest BCUT2D eigenvalue weighted by Gasteiger charge is 2.22. The number of hydrogen-bond acceptors (Lipinski definition) is 5. The van der Waals surface area contributed by atoms with E-state index in [1.807, 2.05) is 0 Å². The van der Waals surface area contributed by atoms with E-state index in [1.165, 1.54) is 35.9 Å². The number of hydrogen-bond donors (Lipinski definition) is 1. The van der Waals surface area contributed by atoms with E-state index in [4.69, 9.17) is 0 Å². The number of thioether (sulfide) groups is 1. The van der Waals surface area contributed by atoms with Gasteiger partial charge in [0, 0.05) is 19.6 Å². The molecule has 1 saturated heterocycles. The molecular formula is C24H28FN5OS. The van der Waals surface area contributed by atoms with E-state index in [1.54, 1.807) is 12.1 Å². The Kier molecular flexibility index (Phi) is 7.42. The van der Waals surface area contributed by atoms with Gasteiger partial charge in [-0.05, 0) is 62.4 Å². The summed E-state index contributed by atoms with van der Waals surface area (Å²) in [6.45, 7) is 4.51. The molecule has 0 radical (unpaired) electrons. The third-order valence-electron chi connectivity index (χ3n) is 5.53. The van der Waals surface area contributed by atoms with Crippen LogP contribution in [-0.4, -0.2) is 46.1 Å². The lowest BCUT2D eigenvalue weighted by Crippen LogP contribution is -2.31. The van der Waals surface area contributed by atoms with Crippen LogP contribution in [0.1, 0.15) is 30.4 Å². The number of rotatable bonds is 8. The summed E-state index contributed by atoms with van der Waals surface area (Å²) in [5, 5.41) is 12.5. The Morgan fingerprint density at radius 3 is 2.47 bits per heavy atom. The average molecular weight is 454 g/mol. The quantitative estimate of drug-likeness (QED) is 0.519. The number of nitrogens with one attached hydrogen (secondary N) is 1. The molecule has 1 aliphatic rings. The zero-order chi connectivity index (χ0) is 22.3. The van der Waals surface area contributed by atoms with Crippen molar-refractivity contribution in [3.63, 3.8) is 0 Å². The molecule has 0 unspecified atom stereocenters. The van der Waals surface area contributed by atoms with Crippen molar-refractivity contribution in [1.82, 2.24) is 20.1 Å². The van der Waals surface area contributed by atoms with Gasteiger partial charge in [0.05, 0.1) is 11.4 Å². The molecule has 8 heteroatoms. The second kappa shape index (κ2) is 10.6. The van der Waals surface area contributed by atoms with E-state index in [0.29, 0.717) is 18.1 Å². The molecule has 0 aliphatic carbocycles. The number of aromatic nitrogens is 3. The Hall–Kier alpha value is -2.87. The Morgan fingerprint density at radius 1 is 1.03 bits per heavy atom. The third-order valence-corrected chi connectivity index (χ3v) is 6.46. The number of aryl methyl sites for hydroxylation is 1. The van der Waals surface area contributed by atoms with Crippen LogP contribution < -0.4 is 10.2 Å². The summed E-state index contributed by atoms with van der Waals surface area (Å²) in [6.07, 6.45) is 4.21. The van der Waals surface area contributed by atoms with E-state index in [9.17, 15) is 9.18 Å². The number of halogens is 1. The number of anilines is 1. The van der Waals surface area contributed by atoms with E-state index in [-0.39, 0.29) is 17.5 Å². The summed E-state index contributed by atoms with van der Waals surface area (Å²) in [4.78, 5) is 14.7. The van der Waals surface area contributed by atoms with Crippen molar-refractivity contribution in [3.05, 3.63) is 65.5 Å². The number of carbonyl (C=O) groups excluding carboxylic acids is 1. The van der Waals surface area contributed by atoms with E-state index >= 15 is 0 Å². The molecule has 0 saturated carbocycles. The minimum absolute atomic E-state index is 0.0601. The van der Waals surface area contributed by atoms with Crippen LogP contribution in [0.2, 0.25) is 0 Å². The smallest absolute Gasteiger partial charge is 0.232 e. The zero-order valence-electron chi connectivity index (χ0n) is 18.3. The van der Waals surface area contributed by atoms with Crippen molar-refractivity contribution in [2.24, 2.45) is 0 Å². The number of nitrogens with zero attached hydrogens (tertiary/aromatic N) is 4. The molecule has 1 amide bonds. The van der Waals surface area contributed by atoms with Crippen molar-refractivity contribution in [1.29, 1.82) is 0 Å². The highest BCUT2D eigenvalue weighted by atomic mass is 32.2. The van der Waals surface area contributed by atoms with E-state index < -0.39 is 0 Å². The SMILES string of the molecule is Cc1ccc(-n2c(SCC(=O)NCCc3ccc(F)cc3)nnc2N2CCCCC2)cc1. The van der Waals surface area contributed by atoms with Gasteiger partial charge in [0.25, 0.3) is 0 Å². The second-order valence-corrected chi connectivity index (χ2v) is 8.96. The fourth-order valence-corrected chi connectivity index (χ4v) is 4.53. The van der Waals surface area contributed by atoms with Gasteiger partial charge in [-0.25, -0.2) is 4.39 Å². The average Bonchev–Trinajstić information content (AvgIpc) is 3.24. The van der Waals surface area contributed by atoms with Crippen molar-refractivity contribution in [2.45, 2.75) is 37.8 Å². The van der Waals surface area contributed by atoms with Crippen LogP contribution in [0.25, 0.3) is 5.69 Å². The Morgan fingerprint density at radius 2 is 1.75 bits per heavy atom. The largest absolute Gasteiger partial charge is 0.355 e. The molecule has 1 aromatic heterocycles. The molecular weight excluding hydrogens is 425 g/mol. The molecule has 0 atom stereocenters. The fourth-order valence-electron chi connectivity index (χ4n) is 3.75. The molecule has 168 valence electrons. The van der Waals surface area contributed by atoms with E-state index in [2.05, 4.69) is 56.2 Å². The first kappa shape index (κ1) is 22.3. The molecule has 32 heavy (non-hydrogen) atoms. The lowest BCUT2D eigenvalue weighted by Gasteiger charge is -2.27. The molecule has 0 spiro atoms. The maximum Gasteiger partial charge on any atom is 0.232 e. The van der Waals surface area contributed by atoms with Crippen LogP contribution in [0.5, 0.6) is 0 Å². The molecule has 0 bridgehead atoms. The zero-order valence-corrected chi connectivity index (χ0v) is 19.1. The maximum absolute atomic E-state index is 13.0. The minimum atomic E-state index is -0.254. The first-order valence-corrected chi connectivity index (χ1v) is 12.0. The van der Waals surface area contributed by atoms with Gasteiger partial charge in [0.1, 0.15) is 5.82 Å². The molecule has 6 nitrogen and oxygen atoms in total. The highest BCUT2D eigenvalue weighted by Crippen LogP contribution is 2.28. The lowest BCUT2D eigenvalue weighted by atomic mass is 10.1. The minimum Gasteiger partial charge on any atom is -0.355 e. The van der Waals surface area contributed by atoms with Crippen LogP contribution in [0.3, 0.4) is 0 Å². The van der Waals surface area contributed by atoms with Crippen LogP contribution in [0.4, 0.5) is 10.3 Å². The molecule has 2 heterocycles. The van der Waals surface area contributed by atoms with Crippen LogP contribution in [-0.2, 0) is 11.2 Å². The normalized spacial score (nSPS) is 13.9. The lowest BCUT2D eigenvalue weighted by molar-refractivity contribution is -0.118. The van der Waals surface area contributed by atoms with Gasteiger partial charge in [0.2, 0.25) is 11.9 Å². The Balaban J connectivity index is 1.41. The van der Waals surface area contributed by atoms with Gasteiger partial charge in [0.15, 0.2) is 5.16 Å². The number of piperidine rings is 1. The summed E-state index contributed by atoms with van der Waals surface area (Å²) in [6, 6.07) is 14.6. The predicted molar refractivity (Wildman–Crippen MR) is 126 cm³/mol. The summed E-state index contributed by atoms with van der Waals surface area (Å²) < 4.78 is 15.1. The van der Waals surface area contributed by atoms with Crippen molar-refractivity contribution >= 4 is 23.6 Å². The Labute approximate surface area is 192 Å². The standard InChI is InChI=1S/C24H28FN5OS/c1-18-5-11-21(12-6-18)30-23(29-15-3-2-4-16-29)27-28-24(30)32-17-22(31)26-14-13-19-7-9-20(25)10-8-19/h5-12H,2-4,13-17H2,1H3,(H,26,31). The number of carbonyl (C=O) groups is 1. The van der Waals surface area contributed by atoms with Crippen LogP contribution >= 0.6 is 11.8 Å². The van der Waals surface area contributed by atoms with Gasteiger partial charge >= 0.3 is 0 Å². The summed E-state index contributed by atoms with van der Waals surface area (Å²) in [5.41, 5.74) is 3.18. The number of amides is 1. The van der Waals surface area contributed by atoms with Gasteiger partial charge in [-0.1, -0.05) is 41.6 Å². The predicted octanol–water partition coefficient (Wildman–Crippen LogP) is 4.16. The fraction of sp³-hybridized carbons (Fsp3) is 0.375. The molecule has 1 N–H and O–H groups in total. The third kappa shape index (κ3) is 5.68. The number of benzene rings is 2. The molecule has 1 fully saturated rings. The van der Waals surface area contributed by atoms with Crippen molar-refractivity contribution < 1.29 is 9.18 Å². The van der Waals surface area contributed by atoms with Crippen molar-refractivity contribution in [3.8, 4) is 5.69 Å². The maximum atomic E-state index is 13.0. The van der Waals surface area contributed by atoms with E-state index in [0.717, 1.165) is 43.1 Å². The summed E-state index contributed by atoms with van der Waals surface area (Å²) in [5.74, 6) is 0.784. The van der Waals surface area contributed by atoms with Gasteiger partial charge in [-0.3, -0.25) is 9.36 Å². The molecule has 4 rings (SSSR count). The van der Waals surface area contributed by atoms with Gasteiger partial charge < -0.3 is 10.2 Å². The first-order valence-electron chi connectivity index (χ1n) is 11.0. The molecule has 2 aromatic carbocycles. The second-order valence-electron chi connectivity index (χ2n) is 8.02. The van der Waals surface area contributed by atoms with Gasteiger partial charge in [-0.15, -0.1) is 10.2 Å². The first-order chi connectivity index (χ1) is 15.6. The van der Waals surface area contributed by atoms with Crippen LogP contribution in [0, 0.1) is 12.7 Å². The van der Waals surface area contributed by atoms with Gasteiger partial charge in [-0.2, -0.15) is 0 Å². The van der Waals surface area contributed by atoms with Crippen molar-refractivity contribution in [2.75, 3.05) is 30.3 Å². The topological polar surface area (TPSA) is 63.1 Å². The summed E-state index contributed by atoms with van der Waals surface area (Å²) >= 11 is 1.39. The molecule has 3 aromatic rings. The van der Waals surface area contributed by atoms with Crippen LogP contribution in [0.15, 0.2) is 53.7 Å². The Bertz CT molecular complexity index is 1030.